The van der Waals surface area contributed by atoms with Gasteiger partial charge in [-0.05, 0) is 37.5 Å². The van der Waals surface area contributed by atoms with E-state index in [4.69, 9.17) is 16.3 Å². The Kier molecular flexibility index (Phi) is 3.37. The van der Waals surface area contributed by atoms with Crippen molar-refractivity contribution in [1.29, 1.82) is 0 Å². The van der Waals surface area contributed by atoms with Gasteiger partial charge in [-0.1, -0.05) is 11.6 Å². The molecule has 2 unspecified atom stereocenters. The molecule has 2 aliphatic heterocycles. The van der Waals surface area contributed by atoms with Gasteiger partial charge in [0.15, 0.2) is 0 Å². The molecule has 1 saturated heterocycles. The third kappa shape index (κ3) is 2.69. The highest BCUT2D eigenvalue weighted by Gasteiger charge is 2.23. The predicted molar refractivity (Wildman–Crippen MR) is 75.8 cm³/mol. The van der Waals surface area contributed by atoms with Gasteiger partial charge >= 0.3 is 0 Å². The van der Waals surface area contributed by atoms with Crippen LogP contribution in [0.25, 0.3) is 0 Å². The van der Waals surface area contributed by atoms with E-state index >= 15 is 0 Å². The van der Waals surface area contributed by atoms with Crippen molar-refractivity contribution in [1.82, 2.24) is 0 Å². The van der Waals surface area contributed by atoms with Gasteiger partial charge in [-0.2, -0.15) is 0 Å². The SMILES string of the molecule is CC1CCC(CNc2cc3c(cc2Cl)NC(=O)C3)O1. The second-order valence-electron chi connectivity index (χ2n) is 5.24. The van der Waals surface area contributed by atoms with Crippen LogP contribution in [0.5, 0.6) is 0 Å². The maximum Gasteiger partial charge on any atom is 0.228 e. The fourth-order valence-electron chi connectivity index (χ4n) is 2.64. The smallest absolute Gasteiger partial charge is 0.228 e. The Morgan fingerprint density at radius 2 is 2.32 bits per heavy atom. The van der Waals surface area contributed by atoms with Crippen LogP contribution < -0.4 is 10.6 Å². The predicted octanol–water partition coefficient (Wildman–Crippen LogP) is 2.81. The second-order valence-corrected chi connectivity index (χ2v) is 5.65. The molecular weight excluding hydrogens is 264 g/mol. The van der Waals surface area contributed by atoms with Crippen LogP contribution in [0.2, 0.25) is 5.02 Å². The number of hydrogen-bond acceptors (Lipinski definition) is 3. The van der Waals surface area contributed by atoms with Crippen LogP contribution in [0.4, 0.5) is 11.4 Å². The summed E-state index contributed by atoms with van der Waals surface area (Å²) in [7, 11) is 0. The van der Waals surface area contributed by atoms with Crippen LogP contribution in [0, 0.1) is 0 Å². The summed E-state index contributed by atoms with van der Waals surface area (Å²) in [4.78, 5) is 11.3. The zero-order chi connectivity index (χ0) is 13.4. The first kappa shape index (κ1) is 12.8. The van der Waals surface area contributed by atoms with Crippen LogP contribution >= 0.6 is 11.6 Å². The lowest BCUT2D eigenvalue weighted by atomic mass is 10.1. The third-order valence-corrected chi connectivity index (χ3v) is 3.97. The summed E-state index contributed by atoms with van der Waals surface area (Å²) in [6, 6.07) is 3.76. The Morgan fingerprint density at radius 1 is 1.47 bits per heavy atom. The van der Waals surface area contributed by atoms with Gasteiger partial charge in [0.1, 0.15) is 0 Å². The number of amides is 1. The van der Waals surface area contributed by atoms with E-state index < -0.39 is 0 Å². The molecule has 102 valence electrons. The van der Waals surface area contributed by atoms with Crippen molar-refractivity contribution in [3.8, 4) is 0 Å². The molecule has 0 saturated carbocycles. The first-order chi connectivity index (χ1) is 9.11. The van der Waals surface area contributed by atoms with Crippen molar-refractivity contribution in [2.24, 2.45) is 0 Å². The van der Waals surface area contributed by atoms with Crippen molar-refractivity contribution < 1.29 is 9.53 Å². The summed E-state index contributed by atoms with van der Waals surface area (Å²) in [5.74, 6) is 0.0242. The van der Waals surface area contributed by atoms with Crippen LogP contribution in [-0.4, -0.2) is 24.7 Å². The van der Waals surface area contributed by atoms with E-state index in [0.717, 1.165) is 36.3 Å². The minimum Gasteiger partial charge on any atom is -0.381 e. The Morgan fingerprint density at radius 3 is 3.05 bits per heavy atom. The summed E-state index contributed by atoms with van der Waals surface area (Å²) in [5.41, 5.74) is 2.70. The number of hydrogen-bond donors (Lipinski definition) is 2. The molecule has 5 heteroatoms. The molecule has 0 bridgehead atoms. The topological polar surface area (TPSA) is 50.4 Å². The molecule has 0 aliphatic carbocycles. The van der Waals surface area contributed by atoms with Crippen LogP contribution in [0.3, 0.4) is 0 Å². The number of halogens is 1. The van der Waals surface area contributed by atoms with Crippen molar-refractivity contribution >= 4 is 28.9 Å². The Balaban J connectivity index is 1.68. The summed E-state index contributed by atoms with van der Waals surface area (Å²) < 4.78 is 5.76. The fourth-order valence-corrected chi connectivity index (χ4v) is 2.87. The van der Waals surface area contributed by atoms with Gasteiger partial charge in [-0.3, -0.25) is 4.79 Å². The second kappa shape index (κ2) is 5.02. The number of carbonyl (C=O) groups is 1. The van der Waals surface area contributed by atoms with Gasteiger partial charge in [0.05, 0.1) is 29.3 Å². The normalized spacial score (nSPS) is 25.3. The van der Waals surface area contributed by atoms with E-state index in [2.05, 4.69) is 17.6 Å². The van der Waals surface area contributed by atoms with Crippen molar-refractivity contribution in [3.05, 3.63) is 22.7 Å². The third-order valence-electron chi connectivity index (χ3n) is 3.66. The maximum atomic E-state index is 11.3. The molecule has 2 aliphatic rings. The van der Waals surface area contributed by atoms with E-state index in [1.165, 1.54) is 0 Å². The van der Waals surface area contributed by atoms with E-state index in [9.17, 15) is 4.79 Å². The lowest BCUT2D eigenvalue weighted by Crippen LogP contribution is -2.19. The molecule has 2 atom stereocenters. The minimum atomic E-state index is 0.0242. The summed E-state index contributed by atoms with van der Waals surface area (Å²) in [6.45, 7) is 2.85. The highest BCUT2D eigenvalue weighted by Crippen LogP contribution is 2.33. The summed E-state index contributed by atoms with van der Waals surface area (Å²) >= 11 is 6.22. The first-order valence-corrected chi connectivity index (χ1v) is 7.01. The van der Waals surface area contributed by atoms with Gasteiger partial charge in [-0.15, -0.1) is 0 Å². The van der Waals surface area contributed by atoms with Gasteiger partial charge in [0.2, 0.25) is 5.91 Å². The molecule has 1 aromatic carbocycles. The van der Waals surface area contributed by atoms with Crippen molar-refractivity contribution in [2.75, 3.05) is 17.2 Å². The first-order valence-electron chi connectivity index (χ1n) is 6.63. The Hall–Kier alpha value is -1.26. The number of carbonyl (C=O) groups excluding carboxylic acids is 1. The molecule has 0 radical (unpaired) electrons. The summed E-state index contributed by atoms with van der Waals surface area (Å²) in [5, 5.41) is 6.75. The standard InChI is InChI=1S/C14H17ClN2O2/c1-8-2-3-10(19-8)7-16-13-4-9-5-14(18)17-12(9)6-11(13)15/h4,6,8,10,16H,2-3,5,7H2,1H3,(H,17,18). The number of nitrogens with one attached hydrogen (secondary N) is 2. The molecular formula is C14H17ClN2O2. The number of rotatable bonds is 3. The monoisotopic (exact) mass is 280 g/mol. The van der Waals surface area contributed by atoms with Crippen molar-refractivity contribution in [3.63, 3.8) is 0 Å². The number of ether oxygens (including phenoxy) is 1. The zero-order valence-corrected chi connectivity index (χ0v) is 11.6. The van der Waals surface area contributed by atoms with Gasteiger partial charge in [0.25, 0.3) is 0 Å². The molecule has 4 nitrogen and oxygen atoms in total. The molecule has 0 aromatic heterocycles. The van der Waals surface area contributed by atoms with E-state index in [-0.39, 0.29) is 12.0 Å². The zero-order valence-electron chi connectivity index (χ0n) is 10.8. The van der Waals surface area contributed by atoms with E-state index in [1.54, 1.807) is 0 Å². The molecule has 1 fully saturated rings. The lowest BCUT2D eigenvalue weighted by molar-refractivity contribution is -0.115. The summed E-state index contributed by atoms with van der Waals surface area (Å²) in [6.07, 6.45) is 3.22. The molecule has 2 heterocycles. The molecule has 1 aromatic rings. The van der Waals surface area contributed by atoms with Crippen LogP contribution in [0.15, 0.2) is 12.1 Å². The molecule has 19 heavy (non-hydrogen) atoms. The highest BCUT2D eigenvalue weighted by atomic mass is 35.5. The average molecular weight is 281 g/mol. The average Bonchev–Trinajstić information content (AvgIpc) is 2.91. The van der Waals surface area contributed by atoms with Crippen molar-refractivity contribution in [2.45, 2.75) is 38.4 Å². The van der Waals surface area contributed by atoms with Gasteiger partial charge < -0.3 is 15.4 Å². The van der Waals surface area contributed by atoms with Gasteiger partial charge in [-0.25, -0.2) is 0 Å². The van der Waals surface area contributed by atoms with Crippen LogP contribution in [0.1, 0.15) is 25.3 Å². The largest absolute Gasteiger partial charge is 0.381 e. The molecule has 2 N–H and O–H groups in total. The Labute approximate surface area is 117 Å². The van der Waals surface area contributed by atoms with Crippen LogP contribution in [-0.2, 0) is 16.0 Å². The fraction of sp³-hybridized carbons (Fsp3) is 0.500. The molecule has 3 rings (SSSR count). The number of fused-ring (bicyclic) bond motifs is 1. The molecule has 1 amide bonds. The van der Waals surface area contributed by atoms with E-state index in [0.29, 0.717) is 17.5 Å². The number of benzene rings is 1. The Bertz CT molecular complexity index is 518. The highest BCUT2D eigenvalue weighted by molar-refractivity contribution is 6.33. The quantitative estimate of drug-likeness (QED) is 0.895. The lowest BCUT2D eigenvalue weighted by Gasteiger charge is -2.15. The number of anilines is 2. The molecule has 0 spiro atoms. The minimum absolute atomic E-state index is 0.0242. The van der Waals surface area contributed by atoms with Gasteiger partial charge in [0, 0.05) is 12.2 Å². The maximum absolute atomic E-state index is 11.3. The van der Waals surface area contributed by atoms with E-state index in [1.807, 2.05) is 12.1 Å².